The Hall–Kier alpha value is -3.24. The van der Waals surface area contributed by atoms with Gasteiger partial charge >= 0.3 is 0 Å². The van der Waals surface area contributed by atoms with Crippen molar-refractivity contribution in [3.8, 4) is 11.5 Å². The fourth-order valence-electron chi connectivity index (χ4n) is 6.41. The number of benzene rings is 4. The van der Waals surface area contributed by atoms with E-state index in [2.05, 4.69) is 119 Å². The van der Waals surface area contributed by atoms with Crippen LogP contribution in [0.25, 0.3) is 0 Å². The van der Waals surface area contributed by atoms with E-state index < -0.39 is 8.07 Å². The van der Waals surface area contributed by atoms with Crippen molar-refractivity contribution in [1.82, 2.24) is 0 Å². The molecule has 0 aromatic heterocycles. The molecule has 7 rings (SSSR count). The van der Waals surface area contributed by atoms with E-state index in [1.54, 1.807) is 0 Å². The van der Waals surface area contributed by atoms with Gasteiger partial charge in [-0.3, -0.25) is 0 Å². The molecule has 38 heavy (non-hydrogen) atoms. The predicted molar refractivity (Wildman–Crippen MR) is 166 cm³/mol. The van der Waals surface area contributed by atoms with E-state index >= 15 is 0 Å². The average molecular weight is 514 g/mol. The molecule has 0 atom stereocenters. The Morgan fingerprint density at radius 2 is 1.55 bits per heavy atom. The second-order valence-corrected chi connectivity index (χ2v) is 18.6. The summed E-state index contributed by atoms with van der Waals surface area (Å²) in [5, 5.41) is 1.50. The third kappa shape index (κ3) is 3.53. The van der Waals surface area contributed by atoms with Crippen LogP contribution in [-0.4, -0.2) is 14.8 Å². The molecule has 0 unspecified atom stereocenters. The molecule has 0 bridgehead atoms. The molecule has 2 nitrogen and oxygen atoms in total. The Balaban J connectivity index is 1.54. The van der Waals surface area contributed by atoms with Gasteiger partial charge in [-0.2, -0.15) is 0 Å². The van der Waals surface area contributed by atoms with E-state index in [4.69, 9.17) is 4.74 Å². The Bertz CT molecular complexity index is 1640. The second kappa shape index (κ2) is 7.89. The number of aryl methyl sites for hydroxylation is 3. The summed E-state index contributed by atoms with van der Waals surface area (Å²) in [5.74, 6) is 1.98. The first kappa shape index (κ1) is 23.8. The summed E-state index contributed by atoms with van der Waals surface area (Å²) in [4.78, 5) is 2.53. The molecule has 0 saturated heterocycles. The average Bonchev–Trinajstić information content (AvgIpc) is 2.83. The molecule has 4 aromatic carbocycles. The molecular weight excluding hydrogens is 477 g/mol. The fraction of sp³-hybridized carbons (Fsp3) is 0.294. The number of hydrogen-bond donors (Lipinski definition) is 0. The van der Waals surface area contributed by atoms with Crippen LogP contribution in [0.3, 0.4) is 0 Å². The predicted octanol–water partition coefficient (Wildman–Crippen LogP) is 6.34. The van der Waals surface area contributed by atoms with Gasteiger partial charge in [0, 0.05) is 17.1 Å². The molecule has 4 heteroatoms. The van der Waals surface area contributed by atoms with Crippen LogP contribution in [0.1, 0.15) is 43.0 Å². The van der Waals surface area contributed by atoms with Crippen molar-refractivity contribution in [3.05, 3.63) is 89.0 Å². The summed E-state index contributed by atoms with van der Waals surface area (Å²) in [6, 6.07) is 25.9. The van der Waals surface area contributed by atoms with E-state index in [1.165, 1.54) is 73.7 Å². The first-order valence-corrected chi connectivity index (χ1v) is 17.5. The van der Waals surface area contributed by atoms with Crippen molar-refractivity contribution in [2.75, 3.05) is 4.90 Å². The molecule has 3 aliphatic rings. The van der Waals surface area contributed by atoms with Crippen LogP contribution in [0.2, 0.25) is 19.6 Å². The smallest absolute Gasteiger partial charge is 0.256 e. The minimum Gasteiger partial charge on any atom is -0.458 e. The highest BCUT2D eigenvalue weighted by Crippen LogP contribution is 2.42. The zero-order valence-corrected chi connectivity index (χ0v) is 24.7. The largest absolute Gasteiger partial charge is 0.458 e. The lowest BCUT2D eigenvalue weighted by Crippen LogP contribution is -2.60. The lowest BCUT2D eigenvalue weighted by atomic mass is 9.34. The van der Waals surface area contributed by atoms with Crippen LogP contribution >= 0.6 is 0 Å². The van der Waals surface area contributed by atoms with Crippen molar-refractivity contribution < 1.29 is 4.74 Å². The van der Waals surface area contributed by atoms with Gasteiger partial charge in [0.2, 0.25) is 0 Å². The molecule has 0 N–H and O–H groups in total. The van der Waals surface area contributed by atoms with Crippen LogP contribution in [0.15, 0.2) is 66.7 Å². The highest BCUT2D eigenvalue weighted by molar-refractivity contribution is 6.99. The summed E-state index contributed by atoms with van der Waals surface area (Å²) < 4.78 is 6.68. The van der Waals surface area contributed by atoms with E-state index in [9.17, 15) is 0 Å². The monoisotopic (exact) mass is 513 g/mol. The van der Waals surface area contributed by atoms with E-state index in [-0.39, 0.29) is 12.1 Å². The quantitative estimate of drug-likeness (QED) is 0.251. The Morgan fingerprint density at radius 1 is 0.763 bits per heavy atom. The second-order valence-electron chi connectivity index (χ2n) is 13.5. The van der Waals surface area contributed by atoms with Gasteiger partial charge in [0.1, 0.15) is 11.5 Å². The zero-order chi connectivity index (χ0) is 26.6. The maximum Gasteiger partial charge on any atom is 0.256 e. The lowest BCUT2D eigenvalue weighted by Gasteiger charge is -2.41. The number of ether oxygens (including phenoxy) is 1. The van der Waals surface area contributed by atoms with Crippen molar-refractivity contribution in [2.24, 2.45) is 0 Å². The number of fused-ring (bicyclic) bond motifs is 5. The maximum absolute atomic E-state index is 6.68. The molecule has 1 aliphatic carbocycles. The first-order chi connectivity index (χ1) is 18.0. The van der Waals surface area contributed by atoms with Gasteiger partial charge in [-0.15, -0.1) is 0 Å². The summed E-state index contributed by atoms with van der Waals surface area (Å²) in [6.07, 6.45) is 2.38. The fourth-order valence-corrected chi connectivity index (χ4v) is 7.57. The normalized spacial score (nSPS) is 15.1. The Kier molecular flexibility index (Phi) is 4.95. The highest BCUT2D eigenvalue weighted by Gasteiger charge is 2.43. The minimum absolute atomic E-state index is 0.0720. The van der Waals surface area contributed by atoms with Gasteiger partial charge in [-0.1, -0.05) is 75.9 Å². The minimum atomic E-state index is -1.52. The van der Waals surface area contributed by atoms with E-state index in [0.717, 1.165) is 11.5 Å². The van der Waals surface area contributed by atoms with Crippen LogP contribution in [0.4, 0.5) is 17.1 Å². The zero-order valence-electron chi connectivity index (χ0n) is 23.7. The van der Waals surface area contributed by atoms with Gasteiger partial charge in [-0.25, -0.2) is 0 Å². The molecule has 0 fully saturated rings. The summed E-state index contributed by atoms with van der Waals surface area (Å²) in [7, 11) is -1.52. The molecule has 2 heterocycles. The Labute approximate surface area is 228 Å². The van der Waals surface area contributed by atoms with Crippen LogP contribution in [0.5, 0.6) is 11.5 Å². The molecule has 4 aromatic rings. The van der Waals surface area contributed by atoms with Crippen molar-refractivity contribution >= 4 is 53.4 Å². The van der Waals surface area contributed by atoms with Gasteiger partial charge in [0.25, 0.3) is 6.71 Å². The molecule has 2 aliphatic heterocycles. The van der Waals surface area contributed by atoms with Crippen molar-refractivity contribution in [2.45, 2.75) is 65.6 Å². The van der Waals surface area contributed by atoms with Gasteiger partial charge in [-0.05, 0) is 100 Å². The third-order valence-electron chi connectivity index (χ3n) is 8.76. The lowest BCUT2D eigenvalue weighted by molar-refractivity contribution is 0.486. The highest BCUT2D eigenvalue weighted by atomic mass is 28.3. The standard InChI is InChI=1S/C34H36BNOSi/c1-21-16-30-33-32(17-21)37-31-15-11-24(34(2,3)4)19-28(31)35(33)27-14-13-26(38(5,6)7)20-29(27)36(30)25-12-10-22-8-9-23(22)18-25/h10-20H,8-9H2,1-7H3. The summed E-state index contributed by atoms with van der Waals surface area (Å²) >= 11 is 0. The molecule has 0 radical (unpaired) electrons. The van der Waals surface area contributed by atoms with Crippen molar-refractivity contribution in [1.29, 1.82) is 0 Å². The van der Waals surface area contributed by atoms with E-state index in [1.807, 2.05) is 0 Å². The molecule has 0 spiro atoms. The summed E-state index contributed by atoms with van der Waals surface area (Å²) in [5.41, 5.74) is 13.4. The van der Waals surface area contributed by atoms with Gasteiger partial charge in [0.05, 0.1) is 8.07 Å². The Morgan fingerprint density at radius 3 is 2.24 bits per heavy atom. The number of anilines is 3. The number of rotatable bonds is 2. The molecular formula is C34H36BNOSi. The topological polar surface area (TPSA) is 12.5 Å². The maximum atomic E-state index is 6.68. The third-order valence-corrected chi connectivity index (χ3v) is 10.8. The number of hydrogen-bond acceptors (Lipinski definition) is 2. The summed E-state index contributed by atoms with van der Waals surface area (Å²) in [6.45, 7) is 16.6. The molecule has 190 valence electrons. The van der Waals surface area contributed by atoms with Crippen LogP contribution < -0.4 is 31.2 Å². The van der Waals surface area contributed by atoms with Crippen LogP contribution in [0, 0.1) is 6.92 Å². The molecule has 0 saturated carbocycles. The first-order valence-electron chi connectivity index (χ1n) is 14.0. The van der Waals surface area contributed by atoms with E-state index in [0.29, 0.717) is 0 Å². The molecule has 0 amide bonds. The van der Waals surface area contributed by atoms with Gasteiger partial charge in [0.15, 0.2) is 0 Å². The number of nitrogens with zero attached hydrogens (tertiary/aromatic N) is 1. The van der Waals surface area contributed by atoms with Crippen molar-refractivity contribution in [3.63, 3.8) is 0 Å². The SMILES string of the molecule is Cc1cc2c3c(c1)N(c1ccc4c(c1)CC4)c1cc([Si](C)(C)C)ccc1B3c1cc(C(C)(C)C)ccc1O2. The van der Waals surface area contributed by atoms with Gasteiger partial charge < -0.3 is 9.64 Å². The van der Waals surface area contributed by atoms with Crippen LogP contribution in [-0.2, 0) is 18.3 Å².